The highest BCUT2D eigenvalue weighted by Crippen LogP contribution is 2.14. The van der Waals surface area contributed by atoms with E-state index in [4.69, 9.17) is 0 Å². The van der Waals surface area contributed by atoms with Gasteiger partial charge in [0.2, 0.25) is 0 Å². The van der Waals surface area contributed by atoms with Gasteiger partial charge in [-0.3, -0.25) is 0 Å². The molecule has 1 aliphatic heterocycles. The number of nitrogens with one attached hydrogen (secondary N) is 1. The van der Waals surface area contributed by atoms with Crippen LogP contribution in [0.4, 0.5) is 0 Å². The summed E-state index contributed by atoms with van der Waals surface area (Å²) in [6.07, 6.45) is 0.743. The lowest BCUT2D eigenvalue weighted by Gasteiger charge is -2.12. The molecule has 1 fully saturated rings. The van der Waals surface area contributed by atoms with Gasteiger partial charge in [0, 0.05) is 6.54 Å². The average Bonchev–Trinajstić information content (AvgIpc) is 2.03. The molecule has 1 aliphatic rings. The van der Waals surface area contributed by atoms with Crippen LogP contribution >= 0.6 is 0 Å². The van der Waals surface area contributed by atoms with Crippen molar-refractivity contribution in [1.29, 1.82) is 0 Å². The zero-order chi connectivity index (χ0) is 8.48. The molecular formula is C7H15NO2S. The first-order valence-corrected chi connectivity index (χ1v) is 5.59. The summed E-state index contributed by atoms with van der Waals surface area (Å²) in [4.78, 5) is 0. The van der Waals surface area contributed by atoms with Crippen molar-refractivity contribution in [1.82, 2.24) is 5.32 Å². The van der Waals surface area contributed by atoms with Crippen LogP contribution in [-0.2, 0) is 9.84 Å². The normalized spacial score (nSPS) is 38.0. The SMILES string of the molecule is CC1CCNCC(C)S1(=O)=O. The molecular weight excluding hydrogens is 162 g/mol. The summed E-state index contributed by atoms with van der Waals surface area (Å²) < 4.78 is 23.0. The van der Waals surface area contributed by atoms with Gasteiger partial charge in [0.1, 0.15) is 0 Å². The monoisotopic (exact) mass is 177 g/mol. The maximum atomic E-state index is 11.5. The number of sulfone groups is 1. The largest absolute Gasteiger partial charge is 0.315 e. The zero-order valence-electron chi connectivity index (χ0n) is 7.00. The van der Waals surface area contributed by atoms with E-state index >= 15 is 0 Å². The molecule has 0 bridgehead atoms. The third-order valence-electron chi connectivity index (χ3n) is 2.28. The molecule has 2 unspecified atom stereocenters. The maximum absolute atomic E-state index is 11.5. The topological polar surface area (TPSA) is 46.2 Å². The van der Waals surface area contributed by atoms with E-state index in [1.807, 2.05) is 0 Å². The highest BCUT2D eigenvalue weighted by atomic mass is 32.2. The molecule has 0 aliphatic carbocycles. The zero-order valence-corrected chi connectivity index (χ0v) is 7.82. The van der Waals surface area contributed by atoms with Crippen molar-refractivity contribution in [2.75, 3.05) is 13.1 Å². The molecule has 0 radical (unpaired) electrons. The summed E-state index contributed by atoms with van der Waals surface area (Å²) in [6.45, 7) is 4.99. The van der Waals surface area contributed by atoms with Crippen molar-refractivity contribution in [2.45, 2.75) is 30.8 Å². The van der Waals surface area contributed by atoms with E-state index in [1.54, 1.807) is 13.8 Å². The van der Waals surface area contributed by atoms with E-state index in [1.165, 1.54) is 0 Å². The van der Waals surface area contributed by atoms with Crippen LogP contribution in [0, 0.1) is 0 Å². The first-order valence-electron chi connectivity index (χ1n) is 3.98. The minimum Gasteiger partial charge on any atom is -0.315 e. The fraction of sp³-hybridized carbons (Fsp3) is 1.00. The lowest BCUT2D eigenvalue weighted by molar-refractivity contribution is 0.574. The van der Waals surface area contributed by atoms with Gasteiger partial charge >= 0.3 is 0 Å². The van der Waals surface area contributed by atoms with Crippen molar-refractivity contribution in [3.8, 4) is 0 Å². The lowest BCUT2D eigenvalue weighted by Crippen LogP contribution is -2.30. The molecule has 0 aromatic heterocycles. The van der Waals surface area contributed by atoms with Gasteiger partial charge < -0.3 is 5.32 Å². The molecule has 1 heterocycles. The Morgan fingerprint density at radius 3 is 2.55 bits per heavy atom. The molecule has 4 heteroatoms. The second-order valence-electron chi connectivity index (χ2n) is 3.20. The lowest BCUT2D eigenvalue weighted by atomic mass is 10.3. The van der Waals surface area contributed by atoms with Crippen LogP contribution in [0.5, 0.6) is 0 Å². The number of hydrogen-bond acceptors (Lipinski definition) is 3. The summed E-state index contributed by atoms with van der Waals surface area (Å²) >= 11 is 0. The van der Waals surface area contributed by atoms with Crippen molar-refractivity contribution in [3.05, 3.63) is 0 Å². The number of rotatable bonds is 0. The quantitative estimate of drug-likeness (QED) is 0.574. The standard InChI is InChI=1S/C7H15NO2S/c1-6-3-4-8-5-7(2)11(6,9)10/h6-8H,3-5H2,1-2H3. The molecule has 3 nitrogen and oxygen atoms in total. The molecule has 0 spiro atoms. The molecule has 1 rings (SSSR count). The Morgan fingerprint density at radius 1 is 1.27 bits per heavy atom. The second-order valence-corrected chi connectivity index (χ2v) is 5.99. The fourth-order valence-corrected chi connectivity index (χ4v) is 2.88. The van der Waals surface area contributed by atoms with E-state index in [0.717, 1.165) is 13.0 Å². The van der Waals surface area contributed by atoms with E-state index in [2.05, 4.69) is 5.32 Å². The Morgan fingerprint density at radius 2 is 1.91 bits per heavy atom. The van der Waals surface area contributed by atoms with Crippen LogP contribution in [0.15, 0.2) is 0 Å². The first-order chi connectivity index (χ1) is 5.05. The van der Waals surface area contributed by atoms with Gasteiger partial charge in [-0.2, -0.15) is 0 Å². The Labute approximate surface area is 68.1 Å². The third-order valence-corrected chi connectivity index (χ3v) is 4.93. The molecule has 66 valence electrons. The molecule has 0 saturated carbocycles. The molecule has 2 atom stereocenters. The second kappa shape index (κ2) is 3.11. The van der Waals surface area contributed by atoms with Crippen molar-refractivity contribution < 1.29 is 8.42 Å². The Bertz CT molecular complexity index is 205. The predicted octanol–water partition coefficient (Wildman–Crippen LogP) is 0.171. The van der Waals surface area contributed by atoms with Gasteiger partial charge in [0.05, 0.1) is 10.5 Å². The average molecular weight is 177 g/mol. The van der Waals surface area contributed by atoms with Gasteiger partial charge in [0.15, 0.2) is 9.84 Å². The summed E-state index contributed by atoms with van der Waals surface area (Å²) in [5, 5.41) is 2.71. The maximum Gasteiger partial charge on any atom is 0.156 e. The minimum absolute atomic E-state index is 0.174. The van der Waals surface area contributed by atoms with E-state index < -0.39 is 9.84 Å². The summed E-state index contributed by atoms with van der Waals surface area (Å²) in [5.74, 6) is 0. The van der Waals surface area contributed by atoms with E-state index in [-0.39, 0.29) is 10.5 Å². The molecule has 0 aromatic carbocycles. The van der Waals surface area contributed by atoms with Crippen LogP contribution in [0.25, 0.3) is 0 Å². The van der Waals surface area contributed by atoms with Gasteiger partial charge in [-0.15, -0.1) is 0 Å². The van der Waals surface area contributed by atoms with Crippen LogP contribution in [0.2, 0.25) is 0 Å². The molecule has 1 N–H and O–H groups in total. The van der Waals surface area contributed by atoms with Crippen LogP contribution in [0.1, 0.15) is 20.3 Å². The Balaban J connectivity index is 2.85. The summed E-state index contributed by atoms with van der Waals surface area (Å²) in [6, 6.07) is 0. The van der Waals surface area contributed by atoms with Crippen molar-refractivity contribution in [3.63, 3.8) is 0 Å². The van der Waals surface area contributed by atoms with Gasteiger partial charge in [-0.25, -0.2) is 8.42 Å². The Hall–Kier alpha value is -0.0900. The Kier molecular flexibility index (Phi) is 2.54. The molecule has 1 saturated heterocycles. The molecule has 0 aromatic rings. The smallest absolute Gasteiger partial charge is 0.156 e. The highest BCUT2D eigenvalue weighted by Gasteiger charge is 2.29. The van der Waals surface area contributed by atoms with E-state index in [0.29, 0.717) is 6.54 Å². The van der Waals surface area contributed by atoms with Gasteiger partial charge in [0.25, 0.3) is 0 Å². The highest BCUT2D eigenvalue weighted by molar-refractivity contribution is 7.92. The minimum atomic E-state index is -2.84. The first kappa shape index (κ1) is 9.00. The predicted molar refractivity (Wildman–Crippen MR) is 45.3 cm³/mol. The van der Waals surface area contributed by atoms with Crippen molar-refractivity contribution >= 4 is 9.84 Å². The summed E-state index contributed by atoms with van der Waals surface area (Å²) in [7, 11) is -2.84. The third kappa shape index (κ3) is 1.73. The van der Waals surface area contributed by atoms with Gasteiger partial charge in [-0.05, 0) is 26.8 Å². The van der Waals surface area contributed by atoms with Crippen molar-refractivity contribution in [2.24, 2.45) is 0 Å². The number of hydrogen-bond donors (Lipinski definition) is 1. The van der Waals surface area contributed by atoms with Gasteiger partial charge in [-0.1, -0.05) is 0 Å². The van der Waals surface area contributed by atoms with Crippen LogP contribution in [0.3, 0.4) is 0 Å². The van der Waals surface area contributed by atoms with Crippen LogP contribution < -0.4 is 5.32 Å². The van der Waals surface area contributed by atoms with Crippen LogP contribution in [-0.4, -0.2) is 32.0 Å². The molecule has 0 amide bonds. The fourth-order valence-electron chi connectivity index (χ4n) is 1.29. The van der Waals surface area contributed by atoms with E-state index in [9.17, 15) is 8.42 Å². The summed E-state index contributed by atoms with van der Waals surface area (Å²) in [5.41, 5.74) is 0. The molecule has 11 heavy (non-hydrogen) atoms.